The zero-order valence-electron chi connectivity index (χ0n) is 11.0. The van der Waals surface area contributed by atoms with Crippen LogP contribution in [-0.2, 0) is 4.79 Å². The lowest BCUT2D eigenvalue weighted by atomic mass is 9.83. The van der Waals surface area contributed by atoms with Gasteiger partial charge in [-0.05, 0) is 38.6 Å². The second-order valence-corrected chi connectivity index (χ2v) is 5.96. The molecule has 2 aliphatic heterocycles. The van der Waals surface area contributed by atoms with Gasteiger partial charge in [0.2, 0.25) is 0 Å². The molecule has 0 radical (unpaired) electrons. The van der Waals surface area contributed by atoms with Crippen LogP contribution < -0.4 is 0 Å². The molecule has 1 spiro atoms. The number of hydrogen-bond acceptors (Lipinski definition) is 3. The average molecular weight is 236 g/mol. The fraction of sp³-hybridized carbons (Fsp3) is 0.929. The van der Waals surface area contributed by atoms with Crippen LogP contribution in [0.4, 0.5) is 0 Å². The Kier molecular flexibility index (Phi) is 2.99. The third kappa shape index (κ3) is 1.93. The Hall–Kier alpha value is -0.410. The Morgan fingerprint density at radius 2 is 1.94 bits per heavy atom. The minimum Gasteiger partial charge on any atom is -0.300 e. The molecule has 0 atom stereocenters. The van der Waals surface area contributed by atoms with Crippen molar-refractivity contribution in [2.45, 2.75) is 57.0 Å². The van der Waals surface area contributed by atoms with E-state index in [9.17, 15) is 4.79 Å². The van der Waals surface area contributed by atoms with Crippen molar-refractivity contribution in [2.75, 3.05) is 26.2 Å². The number of hydrogen-bond donors (Lipinski definition) is 0. The van der Waals surface area contributed by atoms with E-state index in [0.717, 1.165) is 51.5 Å². The van der Waals surface area contributed by atoms with Gasteiger partial charge in [0, 0.05) is 32.1 Å². The Labute approximate surface area is 104 Å². The first-order chi connectivity index (χ1) is 8.26. The molecule has 0 unspecified atom stereocenters. The number of rotatable bonds is 3. The summed E-state index contributed by atoms with van der Waals surface area (Å²) >= 11 is 0. The summed E-state index contributed by atoms with van der Waals surface area (Å²) in [7, 11) is 0. The first-order valence-corrected chi connectivity index (χ1v) is 7.29. The number of likely N-dealkylation sites (tertiary alicyclic amines) is 2. The van der Waals surface area contributed by atoms with E-state index in [0.29, 0.717) is 5.78 Å². The normalized spacial score (nSPS) is 30.3. The number of Topliss-reactive ketones (excluding diaryl/α,β-unsaturated/α-hetero) is 1. The number of carbonyl (C=O) groups excluding carboxylic acids is 1. The molecule has 3 heteroatoms. The maximum absolute atomic E-state index is 12.3. The molecular weight excluding hydrogens is 212 g/mol. The molecule has 2 heterocycles. The van der Waals surface area contributed by atoms with Crippen molar-refractivity contribution in [3.8, 4) is 0 Å². The van der Waals surface area contributed by atoms with E-state index in [2.05, 4.69) is 16.7 Å². The molecule has 3 nitrogen and oxygen atoms in total. The minimum atomic E-state index is -0.0542. The van der Waals surface area contributed by atoms with E-state index < -0.39 is 0 Å². The zero-order valence-corrected chi connectivity index (χ0v) is 11.0. The van der Waals surface area contributed by atoms with Gasteiger partial charge in [0.15, 0.2) is 5.78 Å². The van der Waals surface area contributed by atoms with Crippen LogP contribution in [0.3, 0.4) is 0 Å². The van der Waals surface area contributed by atoms with Crippen LogP contribution in [0.25, 0.3) is 0 Å². The Bertz CT molecular complexity index is 303. The van der Waals surface area contributed by atoms with Gasteiger partial charge in [0.25, 0.3) is 0 Å². The molecule has 3 rings (SSSR count). The van der Waals surface area contributed by atoms with E-state index in [1.54, 1.807) is 0 Å². The Morgan fingerprint density at radius 3 is 2.53 bits per heavy atom. The quantitative estimate of drug-likeness (QED) is 0.744. The molecule has 0 amide bonds. The molecule has 0 bridgehead atoms. The van der Waals surface area contributed by atoms with Crippen LogP contribution in [0.1, 0.15) is 45.4 Å². The molecule has 1 saturated carbocycles. The highest BCUT2D eigenvalue weighted by atomic mass is 16.1. The van der Waals surface area contributed by atoms with Gasteiger partial charge < -0.3 is 4.90 Å². The van der Waals surface area contributed by atoms with Crippen LogP contribution >= 0.6 is 0 Å². The van der Waals surface area contributed by atoms with Crippen LogP contribution in [0.15, 0.2) is 0 Å². The smallest absolute Gasteiger partial charge is 0.154 e. The van der Waals surface area contributed by atoms with Gasteiger partial charge in [-0.3, -0.25) is 9.69 Å². The van der Waals surface area contributed by atoms with E-state index in [1.807, 2.05) is 0 Å². The van der Waals surface area contributed by atoms with Gasteiger partial charge in [0.1, 0.15) is 0 Å². The van der Waals surface area contributed by atoms with E-state index >= 15 is 0 Å². The van der Waals surface area contributed by atoms with E-state index in [-0.39, 0.29) is 5.54 Å². The number of nitrogens with zero attached hydrogens (tertiary/aromatic N) is 2. The lowest BCUT2D eigenvalue weighted by Gasteiger charge is -2.43. The standard InChI is InChI=1S/C14H24N2O/c1-2-8-16-9-5-13(17)14(16)6-10-15(11-7-14)12-3-4-12/h12H,2-11H2,1H3. The van der Waals surface area contributed by atoms with Crippen LogP contribution in [0, 0.1) is 0 Å². The SMILES string of the molecule is CCCN1CCC(=O)C12CCN(C1CC1)CC2. The monoisotopic (exact) mass is 236 g/mol. The summed E-state index contributed by atoms with van der Waals surface area (Å²) in [5.41, 5.74) is -0.0542. The zero-order chi connectivity index (χ0) is 11.9. The van der Waals surface area contributed by atoms with Crippen molar-refractivity contribution < 1.29 is 4.79 Å². The number of piperidine rings is 1. The predicted octanol–water partition coefficient (Wildman–Crippen LogP) is 1.67. The van der Waals surface area contributed by atoms with Gasteiger partial charge >= 0.3 is 0 Å². The van der Waals surface area contributed by atoms with Crippen molar-refractivity contribution in [3.05, 3.63) is 0 Å². The maximum Gasteiger partial charge on any atom is 0.154 e. The predicted molar refractivity (Wildman–Crippen MR) is 68.0 cm³/mol. The summed E-state index contributed by atoms with van der Waals surface area (Å²) in [5.74, 6) is 0.529. The topological polar surface area (TPSA) is 23.6 Å². The first kappa shape index (κ1) is 11.7. The molecule has 1 aliphatic carbocycles. The average Bonchev–Trinajstić information content (AvgIpc) is 3.14. The molecule has 96 valence electrons. The second-order valence-electron chi connectivity index (χ2n) is 5.96. The second kappa shape index (κ2) is 4.36. The first-order valence-electron chi connectivity index (χ1n) is 7.29. The number of carbonyl (C=O) groups is 1. The van der Waals surface area contributed by atoms with Crippen molar-refractivity contribution >= 4 is 5.78 Å². The van der Waals surface area contributed by atoms with Crippen molar-refractivity contribution in [1.82, 2.24) is 9.80 Å². The third-order valence-electron chi connectivity index (χ3n) is 4.92. The van der Waals surface area contributed by atoms with Gasteiger partial charge in [-0.15, -0.1) is 0 Å². The molecule has 3 fully saturated rings. The van der Waals surface area contributed by atoms with Gasteiger partial charge in [0.05, 0.1) is 5.54 Å². The highest BCUT2D eigenvalue weighted by Gasteiger charge is 2.50. The molecule has 0 aromatic rings. The lowest BCUT2D eigenvalue weighted by Crippen LogP contribution is -2.56. The maximum atomic E-state index is 12.3. The molecule has 0 aromatic heterocycles. The van der Waals surface area contributed by atoms with Gasteiger partial charge in [-0.2, -0.15) is 0 Å². The molecular formula is C14H24N2O. The largest absolute Gasteiger partial charge is 0.300 e. The van der Waals surface area contributed by atoms with Crippen molar-refractivity contribution in [3.63, 3.8) is 0 Å². The molecule has 17 heavy (non-hydrogen) atoms. The van der Waals surface area contributed by atoms with Crippen molar-refractivity contribution in [1.29, 1.82) is 0 Å². The molecule has 3 aliphatic rings. The van der Waals surface area contributed by atoms with Crippen molar-refractivity contribution in [2.24, 2.45) is 0 Å². The van der Waals surface area contributed by atoms with Crippen LogP contribution in [0.5, 0.6) is 0 Å². The summed E-state index contributed by atoms with van der Waals surface area (Å²) in [6.45, 7) is 6.63. The van der Waals surface area contributed by atoms with E-state index in [4.69, 9.17) is 0 Å². The minimum absolute atomic E-state index is 0.0542. The third-order valence-corrected chi connectivity index (χ3v) is 4.92. The highest BCUT2D eigenvalue weighted by Crippen LogP contribution is 2.39. The highest BCUT2D eigenvalue weighted by molar-refractivity contribution is 5.90. The van der Waals surface area contributed by atoms with E-state index in [1.165, 1.54) is 19.3 Å². The molecule has 0 N–H and O–H groups in total. The van der Waals surface area contributed by atoms with Crippen LogP contribution in [0.2, 0.25) is 0 Å². The van der Waals surface area contributed by atoms with Gasteiger partial charge in [-0.25, -0.2) is 0 Å². The van der Waals surface area contributed by atoms with Crippen LogP contribution in [-0.4, -0.2) is 53.3 Å². The number of ketones is 1. The summed E-state index contributed by atoms with van der Waals surface area (Å²) in [6.07, 6.45) is 6.91. The Morgan fingerprint density at radius 1 is 1.24 bits per heavy atom. The summed E-state index contributed by atoms with van der Waals surface area (Å²) in [4.78, 5) is 17.4. The Balaban J connectivity index is 1.69. The fourth-order valence-corrected chi connectivity index (χ4v) is 3.75. The molecule has 0 aromatic carbocycles. The fourth-order valence-electron chi connectivity index (χ4n) is 3.75. The summed E-state index contributed by atoms with van der Waals surface area (Å²) in [6, 6.07) is 0.864. The molecule has 2 saturated heterocycles. The van der Waals surface area contributed by atoms with Gasteiger partial charge in [-0.1, -0.05) is 6.92 Å². The lowest BCUT2D eigenvalue weighted by molar-refractivity contribution is -0.127. The summed E-state index contributed by atoms with van der Waals surface area (Å²) in [5, 5.41) is 0. The summed E-state index contributed by atoms with van der Waals surface area (Å²) < 4.78 is 0.